The molecule has 3 aliphatic carbocycles. The van der Waals surface area contributed by atoms with E-state index in [2.05, 4.69) is 53.7 Å². The first-order valence-corrected chi connectivity index (χ1v) is 12.8. The summed E-state index contributed by atoms with van der Waals surface area (Å²) in [4.78, 5) is 0. The Kier molecular flexibility index (Phi) is 5.11. The van der Waals surface area contributed by atoms with Gasteiger partial charge in [-0.15, -0.1) is 0 Å². The maximum absolute atomic E-state index is 12.9. The summed E-state index contributed by atoms with van der Waals surface area (Å²) < 4.78 is 6.13. The third-order valence-corrected chi connectivity index (χ3v) is 11.1. The van der Waals surface area contributed by atoms with E-state index in [0.29, 0.717) is 13.0 Å². The third-order valence-electron chi connectivity index (χ3n) is 11.1. The van der Waals surface area contributed by atoms with E-state index in [1.54, 1.807) is 0 Å². The molecule has 0 amide bonds. The van der Waals surface area contributed by atoms with Gasteiger partial charge in [-0.1, -0.05) is 77.4 Å². The number of hydrogen-bond donors (Lipinski definition) is 3. The molecule has 0 radical (unpaired) electrons. The summed E-state index contributed by atoms with van der Waals surface area (Å²) >= 11 is 0. The van der Waals surface area contributed by atoms with E-state index in [0.717, 1.165) is 23.1 Å². The largest absolute Gasteiger partial charge is 0.392 e. The predicted molar refractivity (Wildman–Crippen MR) is 130 cm³/mol. The molecule has 0 aromatic heterocycles. The van der Waals surface area contributed by atoms with E-state index in [9.17, 15) is 15.3 Å². The summed E-state index contributed by atoms with van der Waals surface area (Å²) in [6.45, 7) is 15.8. The maximum Gasteiger partial charge on any atom is 0.0834 e. The zero-order valence-electron chi connectivity index (χ0n) is 21.3. The van der Waals surface area contributed by atoms with Crippen molar-refractivity contribution in [3.8, 4) is 0 Å². The van der Waals surface area contributed by atoms with E-state index in [1.807, 2.05) is 25.1 Å². The Bertz CT molecular complexity index is 969. The first-order chi connectivity index (χ1) is 15.3. The van der Waals surface area contributed by atoms with E-state index in [1.165, 1.54) is 0 Å². The van der Waals surface area contributed by atoms with Crippen LogP contribution in [0, 0.1) is 34.0 Å². The van der Waals surface area contributed by atoms with Crippen LogP contribution in [-0.2, 0) is 4.74 Å². The molecule has 0 spiro atoms. The first kappa shape index (κ1) is 23.5. The van der Waals surface area contributed by atoms with Crippen LogP contribution in [0.2, 0.25) is 0 Å². The Labute approximate surface area is 199 Å². The average Bonchev–Trinajstić information content (AvgIpc) is 2.76. The Morgan fingerprint density at radius 3 is 2.21 bits per heavy atom. The standard InChI is InChI=1S/C29H42O4/c1-16-13-21-27(6,15-33-21)24-23(19-11-9-8-10-12-19)29(32)14-20(30)17(2)22(26(29,4)5)18(3)25(31)28(16,24)7/h8-12,16,18,20-21,23-25,30-32H,13-15H2,1-7H3/t16-,18+,20-,21+,23?,24?,25-,27+,28+,29+/m0/s1. The van der Waals surface area contributed by atoms with E-state index in [-0.39, 0.29) is 35.2 Å². The molecule has 5 rings (SSSR count). The third kappa shape index (κ3) is 2.73. The quantitative estimate of drug-likeness (QED) is 0.539. The van der Waals surface area contributed by atoms with Crippen LogP contribution >= 0.6 is 0 Å². The second-order valence-electron chi connectivity index (χ2n) is 12.8. The summed E-state index contributed by atoms with van der Waals surface area (Å²) in [5, 5.41) is 36.4. The van der Waals surface area contributed by atoms with Crippen LogP contribution in [0.15, 0.2) is 41.5 Å². The Morgan fingerprint density at radius 1 is 1.00 bits per heavy atom. The van der Waals surface area contributed by atoms with E-state index < -0.39 is 28.6 Å². The van der Waals surface area contributed by atoms with Gasteiger partial charge in [-0.05, 0) is 36.3 Å². The van der Waals surface area contributed by atoms with Crippen molar-refractivity contribution in [2.75, 3.05) is 6.61 Å². The zero-order chi connectivity index (χ0) is 24.1. The van der Waals surface area contributed by atoms with Gasteiger partial charge in [0.05, 0.1) is 30.5 Å². The topological polar surface area (TPSA) is 69.9 Å². The molecule has 1 aromatic carbocycles. The number of aliphatic hydroxyl groups excluding tert-OH is 2. The van der Waals surface area contributed by atoms with Gasteiger partial charge >= 0.3 is 0 Å². The number of benzene rings is 1. The van der Waals surface area contributed by atoms with Crippen LogP contribution in [0.3, 0.4) is 0 Å². The molecule has 182 valence electrons. The maximum atomic E-state index is 12.9. The summed E-state index contributed by atoms with van der Waals surface area (Å²) in [7, 11) is 0. The van der Waals surface area contributed by atoms with Gasteiger partial charge in [-0.25, -0.2) is 0 Å². The highest BCUT2D eigenvalue weighted by Crippen LogP contribution is 2.71. The van der Waals surface area contributed by atoms with Crippen molar-refractivity contribution in [3.05, 3.63) is 47.0 Å². The van der Waals surface area contributed by atoms with Gasteiger partial charge in [-0.2, -0.15) is 0 Å². The van der Waals surface area contributed by atoms with Crippen LogP contribution in [0.25, 0.3) is 0 Å². The number of rotatable bonds is 1. The molecule has 3 fully saturated rings. The van der Waals surface area contributed by atoms with Gasteiger partial charge < -0.3 is 20.1 Å². The molecule has 2 bridgehead atoms. The molecule has 1 heterocycles. The minimum Gasteiger partial charge on any atom is -0.392 e. The van der Waals surface area contributed by atoms with Crippen molar-refractivity contribution in [1.29, 1.82) is 0 Å². The molecular formula is C29H42O4. The van der Waals surface area contributed by atoms with E-state index >= 15 is 0 Å². The SMILES string of the molecule is CC1=C2[C@@H](C)[C@H](O)[C@@]3(C)C(C(c4ccccc4)[C@](O)(C[C@@H]1O)C2(C)C)[C@]1(C)CO[C@@H]1C[C@@H]3C. The lowest BCUT2D eigenvalue weighted by molar-refractivity contribution is -0.306. The molecular weight excluding hydrogens is 412 g/mol. The van der Waals surface area contributed by atoms with Crippen molar-refractivity contribution < 1.29 is 20.1 Å². The first-order valence-electron chi connectivity index (χ1n) is 12.8. The Balaban J connectivity index is 1.87. The Hall–Kier alpha value is -1.20. The molecule has 3 N–H and O–H groups in total. The zero-order valence-corrected chi connectivity index (χ0v) is 21.3. The normalized spacial score (nSPS) is 51.0. The highest BCUT2D eigenvalue weighted by molar-refractivity contribution is 5.41. The van der Waals surface area contributed by atoms with Crippen LogP contribution in [0.1, 0.15) is 72.8 Å². The molecule has 1 saturated heterocycles. The van der Waals surface area contributed by atoms with Crippen molar-refractivity contribution in [3.63, 3.8) is 0 Å². The van der Waals surface area contributed by atoms with Crippen LogP contribution in [0.4, 0.5) is 0 Å². The minimum absolute atomic E-state index is 0.00350. The molecule has 4 aliphatic rings. The van der Waals surface area contributed by atoms with Gasteiger partial charge in [0.1, 0.15) is 0 Å². The molecule has 4 heteroatoms. The molecule has 4 nitrogen and oxygen atoms in total. The van der Waals surface area contributed by atoms with Gasteiger partial charge in [0, 0.05) is 34.5 Å². The average molecular weight is 455 g/mol. The fraction of sp³-hybridized carbons (Fsp3) is 0.724. The van der Waals surface area contributed by atoms with Crippen molar-refractivity contribution in [2.45, 2.75) is 91.1 Å². The van der Waals surface area contributed by atoms with Crippen molar-refractivity contribution in [2.24, 2.45) is 34.0 Å². The van der Waals surface area contributed by atoms with Crippen LogP contribution in [-0.4, -0.2) is 45.8 Å². The van der Waals surface area contributed by atoms with Gasteiger partial charge in [0.25, 0.3) is 0 Å². The fourth-order valence-electron chi connectivity index (χ4n) is 9.05. The number of fused-ring (bicyclic) bond motifs is 5. The summed E-state index contributed by atoms with van der Waals surface area (Å²) in [6.07, 6.45) is 0.0692. The van der Waals surface area contributed by atoms with Gasteiger partial charge in [-0.3, -0.25) is 0 Å². The Morgan fingerprint density at radius 2 is 1.64 bits per heavy atom. The molecule has 33 heavy (non-hydrogen) atoms. The number of aliphatic hydroxyl groups is 3. The number of ether oxygens (including phenoxy) is 1. The summed E-state index contributed by atoms with van der Waals surface area (Å²) in [5.41, 5.74) is 0.725. The second-order valence-corrected chi connectivity index (χ2v) is 12.8. The van der Waals surface area contributed by atoms with Crippen molar-refractivity contribution >= 4 is 0 Å². The fourth-order valence-corrected chi connectivity index (χ4v) is 9.05. The molecule has 1 aromatic rings. The van der Waals surface area contributed by atoms with Gasteiger partial charge in [0.15, 0.2) is 0 Å². The van der Waals surface area contributed by atoms with Crippen LogP contribution in [0.5, 0.6) is 0 Å². The second kappa shape index (κ2) is 7.16. The predicted octanol–water partition coefficient (Wildman–Crippen LogP) is 4.69. The molecule has 1 aliphatic heterocycles. The monoisotopic (exact) mass is 454 g/mol. The van der Waals surface area contributed by atoms with Crippen LogP contribution < -0.4 is 0 Å². The summed E-state index contributed by atoms with van der Waals surface area (Å²) in [6, 6.07) is 10.4. The number of hydrogen-bond acceptors (Lipinski definition) is 4. The smallest absolute Gasteiger partial charge is 0.0834 e. The lowest BCUT2D eigenvalue weighted by Gasteiger charge is -2.71. The molecule has 2 saturated carbocycles. The molecule has 2 unspecified atom stereocenters. The van der Waals surface area contributed by atoms with Gasteiger partial charge in [0.2, 0.25) is 0 Å². The minimum atomic E-state index is -1.16. The lowest BCUT2D eigenvalue weighted by atomic mass is 9.37. The van der Waals surface area contributed by atoms with Crippen molar-refractivity contribution in [1.82, 2.24) is 0 Å². The molecule has 10 atom stereocenters. The highest BCUT2D eigenvalue weighted by atomic mass is 16.5. The highest BCUT2D eigenvalue weighted by Gasteiger charge is 2.72. The lowest BCUT2D eigenvalue weighted by Crippen LogP contribution is -2.73. The summed E-state index contributed by atoms with van der Waals surface area (Å²) in [5.74, 6) is -0.156. The van der Waals surface area contributed by atoms with E-state index in [4.69, 9.17) is 4.74 Å².